The van der Waals surface area contributed by atoms with Gasteiger partial charge in [0.15, 0.2) is 0 Å². The fourth-order valence-electron chi connectivity index (χ4n) is 2.99. The van der Waals surface area contributed by atoms with Crippen molar-refractivity contribution in [2.45, 2.75) is 38.3 Å². The summed E-state index contributed by atoms with van der Waals surface area (Å²) >= 11 is 0. The molecule has 2 aromatic rings. The predicted molar refractivity (Wildman–Crippen MR) is 89.1 cm³/mol. The molecule has 0 spiro atoms. The van der Waals surface area contributed by atoms with Gasteiger partial charge in [0, 0.05) is 30.0 Å². The van der Waals surface area contributed by atoms with Crippen LogP contribution in [0.3, 0.4) is 0 Å². The fourth-order valence-corrected chi connectivity index (χ4v) is 2.99. The molecule has 1 aliphatic carbocycles. The van der Waals surface area contributed by atoms with Crippen molar-refractivity contribution in [1.29, 1.82) is 0 Å². The monoisotopic (exact) mass is 327 g/mol. The molecule has 0 aliphatic heterocycles. The zero-order chi connectivity index (χ0) is 17.1. The van der Waals surface area contributed by atoms with Crippen molar-refractivity contribution in [3.8, 4) is 0 Å². The molecule has 1 aliphatic rings. The molecule has 0 radical (unpaired) electrons. The summed E-state index contributed by atoms with van der Waals surface area (Å²) in [5.41, 5.74) is 7.43. The Morgan fingerprint density at radius 2 is 2.21 bits per heavy atom. The third kappa shape index (κ3) is 3.86. The predicted octanol–water partition coefficient (Wildman–Crippen LogP) is 0.874. The number of aliphatic hydroxyl groups excluding tert-OH is 1. The molecule has 1 saturated carbocycles. The standard InChI is InChI=1S/C17H21N5O2/c1-10-6-15(22-17(18)20-10)16(24)21-14(11-7-13(23)8-11)9-12-4-2-3-5-19-12/h2-6,11,13-14,23H,7-9H2,1H3,(H,21,24)(H2,18,20,22). The maximum absolute atomic E-state index is 12.5. The molecule has 0 aromatic carbocycles. The van der Waals surface area contributed by atoms with Gasteiger partial charge in [-0.15, -0.1) is 0 Å². The lowest BCUT2D eigenvalue weighted by molar-refractivity contribution is 0.0237. The summed E-state index contributed by atoms with van der Waals surface area (Å²) in [4.78, 5) is 24.8. The number of aryl methyl sites for hydroxylation is 1. The van der Waals surface area contributed by atoms with Gasteiger partial charge in [0.2, 0.25) is 5.95 Å². The number of nitrogens with two attached hydrogens (primary N) is 1. The lowest BCUT2D eigenvalue weighted by Crippen LogP contribution is -2.48. The van der Waals surface area contributed by atoms with E-state index in [9.17, 15) is 9.90 Å². The maximum Gasteiger partial charge on any atom is 0.270 e. The number of aromatic nitrogens is 3. The van der Waals surface area contributed by atoms with Crippen molar-refractivity contribution >= 4 is 11.9 Å². The zero-order valence-corrected chi connectivity index (χ0v) is 13.5. The van der Waals surface area contributed by atoms with E-state index in [1.807, 2.05) is 18.2 Å². The summed E-state index contributed by atoms with van der Waals surface area (Å²) in [6.45, 7) is 1.77. The van der Waals surface area contributed by atoms with Crippen LogP contribution < -0.4 is 11.1 Å². The number of hydrogen-bond donors (Lipinski definition) is 3. The number of nitrogen functional groups attached to an aromatic ring is 1. The first-order valence-corrected chi connectivity index (χ1v) is 8.01. The van der Waals surface area contributed by atoms with Gasteiger partial charge in [-0.25, -0.2) is 9.97 Å². The summed E-state index contributed by atoms with van der Waals surface area (Å²) < 4.78 is 0. The molecular formula is C17H21N5O2. The number of anilines is 1. The quantitative estimate of drug-likeness (QED) is 0.751. The Morgan fingerprint density at radius 1 is 1.42 bits per heavy atom. The summed E-state index contributed by atoms with van der Waals surface area (Å²) in [5, 5.41) is 12.6. The van der Waals surface area contributed by atoms with Crippen LogP contribution >= 0.6 is 0 Å². The second-order valence-corrected chi connectivity index (χ2v) is 6.24. The second-order valence-electron chi connectivity index (χ2n) is 6.24. The first kappa shape index (κ1) is 16.3. The first-order chi connectivity index (χ1) is 11.5. The Morgan fingerprint density at radius 3 is 2.83 bits per heavy atom. The average molecular weight is 327 g/mol. The second kappa shape index (κ2) is 6.92. The number of aliphatic hydroxyl groups is 1. The first-order valence-electron chi connectivity index (χ1n) is 8.01. The van der Waals surface area contributed by atoms with E-state index in [0.717, 1.165) is 5.69 Å². The Balaban J connectivity index is 1.74. The Bertz CT molecular complexity index is 696. The van der Waals surface area contributed by atoms with Crippen LogP contribution in [0.1, 0.15) is 34.7 Å². The van der Waals surface area contributed by atoms with Gasteiger partial charge in [0.05, 0.1) is 6.10 Å². The third-order valence-corrected chi connectivity index (χ3v) is 4.29. The molecule has 126 valence electrons. The van der Waals surface area contributed by atoms with Gasteiger partial charge >= 0.3 is 0 Å². The van der Waals surface area contributed by atoms with Crippen LogP contribution in [0.2, 0.25) is 0 Å². The molecule has 1 unspecified atom stereocenters. The number of amides is 1. The van der Waals surface area contributed by atoms with Crippen molar-refractivity contribution in [3.63, 3.8) is 0 Å². The number of pyridine rings is 1. The fraction of sp³-hybridized carbons (Fsp3) is 0.412. The average Bonchev–Trinajstić information content (AvgIpc) is 2.51. The van der Waals surface area contributed by atoms with Crippen LogP contribution in [-0.2, 0) is 6.42 Å². The van der Waals surface area contributed by atoms with E-state index in [4.69, 9.17) is 5.73 Å². The summed E-state index contributed by atoms with van der Waals surface area (Å²) in [7, 11) is 0. The molecule has 2 heterocycles. The lowest BCUT2D eigenvalue weighted by Gasteiger charge is -2.38. The van der Waals surface area contributed by atoms with Gasteiger partial charge < -0.3 is 16.2 Å². The Kier molecular flexibility index (Phi) is 4.71. The largest absolute Gasteiger partial charge is 0.393 e. The van der Waals surface area contributed by atoms with Crippen molar-refractivity contribution < 1.29 is 9.90 Å². The molecule has 1 amide bonds. The minimum Gasteiger partial charge on any atom is -0.393 e. The maximum atomic E-state index is 12.5. The van der Waals surface area contributed by atoms with Gasteiger partial charge in [-0.2, -0.15) is 0 Å². The summed E-state index contributed by atoms with van der Waals surface area (Å²) in [6.07, 6.45) is 3.43. The molecule has 0 bridgehead atoms. The van der Waals surface area contributed by atoms with Crippen LogP contribution in [0.5, 0.6) is 0 Å². The number of carbonyl (C=O) groups is 1. The third-order valence-electron chi connectivity index (χ3n) is 4.29. The lowest BCUT2D eigenvalue weighted by atomic mass is 9.76. The van der Waals surface area contributed by atoms with E-state index in [2.05, 4.69) is 20.3 Å². The van der Waals surface area contributed by atoms with Crippen molar-refractivity contribution in [2.24, 2.45) is 5.92 Å². The molecule has 2 aromatic heterocycles. The smallest absolute Gasteiger partial charge is 0.270 e. The SMILES string of the molecule is Cc1cc(C(=O)NC(Cc2ccccn2)C2CC(O)C2)nc(N)n1. The van der Waals surface area contributed by atoms with E-state index >= 15 is 0 Å². The highest BCUT2D eigenvalue weighted by molar-refractivity contribution is 5.92. The van der Waals surface area contributed by atoms with Crippen molar-refractivity contribution in [1.82, 2.24) is 20.3 Å². The molecule has 0 saturated heterocycles. The number of nitrogens with zero attached hydrogens (tertiary/aromatic N) is 3. The van der Waals surface area contributed by atoms with E-state index in [0.29, 0.717) is 25.0 Å². The highest BCUT2D eigenvalue weighted by Gasteiger charge is 2.35. The summed E-state index contributed by atoms with van der Waals surface area (Å²) in [6, 6.07) is 7.22. The van der Waals surface area contributed by atoms with E-state index in [1.165, 1.54) is 0 Å². The number of carbonyl (C=O) groups excluding carboxylic acids is 1. The zero-order valence-electron chi connectivity index (χ0n) is 13.5. The normalized spacial score (nSPS) is 20.9. The Hall–Kier alpha value is -2.54. The van der Waals surface area contributed by atoms with Crippen molar-refractivity contribution in [3.05, 3.63) is 47.5 Å². The van der Waals surface area contributed by atoms with Crippen LogP contribution in [0.15, 0.2) is 30.5 Å². The number of hydrogen-bond acceptors (Lipinski definition) is 6. The molecule has 24 heavy (non-hydrogen) atoms. The molecule has 4 N–H and O–H groups in total. The van der Waals surface area contributed by atoms with Crippen LogP contribution in [-0.4, -0.2) is 38.1 Å². The molecule has 3 rings (SSSR count). The van der Waals surface area contributed by atoms with Crippen LogP contribution in [0.4, 0.5) is 5.95 Å². The number of nitrogens with one attached hydrogen (secondary N) is 1. The Labute approximate surface area is 140 Å². The van der Waals surface area contributed by atoms with Crippen LogP contribution in [0, 0.1) is 12.8 Å². The van der Waals surface area contributed by atoms with Crippen molar-refractivity contribution in [2.75, 3.05) is 5.73 Å². The molecule has 1 fully saturated rings. The minimum absolute atomic E-state index is 0.0838. The van der Waals surface area contributed by atoms with E-state index < -0.39 is 0 Å². The van der Waals surface area contributed by atoms with E-state index in [1.54, 1.807) is 19.2 Å². The molecular weight excluding hydrogens is 306 g/mol. The van der Waals surface area contributed by atoms with Gasteiger partial charge in [0.25, 0.3) is 5.91 Å². The van der Waals surface area contributed by atoms with E-state index in [-0.39, 0.29) is 35.6 Å². The highest BCUT2D eigenvalue weighted by Crippen LogP contribution is 2.31. The highest BCUT2D eigenvalue weighted by atomic mass is 16.3. The minimum atomic E-state index is -0.283. The van der Waals surface area contributed by atoms with Gasteiger partial charge in [-0.05, 0) is 43.9 Å². The van der Waals surface area contributed by atoms with Gasteiger partial charge in [-0.3, -0.25) is 9.78 Å². The van der Waals surface area contributed by atoms with Gasteiger partial charge in [0.1, 0.15) is 5.69 Å². The van der Waals surface area contributed by atoms with Gasteiger partial charge in [-0.1, -0.05) is 6.07 Å². The number of rotatable bonds is 5. The summed E-state index contributed by atoms with van der Waals surface area (Å²) in [5.74, 6) is 0.0289. The molecule has 7 heteroatoms. The topological polar surface area (TPSA) is 114 Å². The molecule has 1 atom stereocenters. The van der Waals surface area contributed by atoms with Crippen LogP contribution in [0.25, 0.3) is 0 Å². The molecule has 7 nitrogen and oxygen atoms in total.